The fourth-order valence-electron chi connectivity index (χ4n) is 2.67. The SMILES string of the molecule is CC1(C)CCCC(Nc2cc(F)c(Br)cc2F)C1. The molecule has 0 aliphatic heterocycles. The minimum Gasteiger partial charge on any atom is -0.380 e. The summed E-state index contributed by atoms with van der Waals surface area (Å²) >= 11 is 2.98. The first kappa shape index (κ1) is 13.8. The number of hydrogen-bond acceptors (Lipinski definition) is 1. The molecule has 1 aromatic carbocycles. The molecule has 1 N–H and O–H groups in total. The predicted octanol–water partition coefficient (Wildman–Crippen LogP) is 5.11. The number of halogens is 3. The van der Waals surface area contributed by atoms with Crippen LogP contribution in [0.3, 0.4) is 0 Å². The minimum atomic E-state index is -0.436. The van der Waals surface area contributed by atoms with Crippen molar-refractivity contribution in [3.8, 4) is 0 Å². The molecule has 0 heterocycles. The van der Waals surface area contributed by atoms with E-state index < -0.39 is 11.6 Å². The number of hydrogen-bond donors (Lipinski definition) is 1. The number of anilines is 1. The molecule has 1 saturated carbocycles. The highest BCUT2D eigenvalue weighted by molar-refractivity contribution is 9.10. The second-order valence-electron chi connectivity index (χ2n) is 5.85. The summed E-state index contributed by atoms with van der Waals surface area (Å²) in [5, 5.41) is 3.14. The van der Waals surface area contributed by atoms with Crippen LogP contribution in [0.25, 0.3) is 0 Å². The monoisotopic (exact) mass is 317 g/mol. The highest BCUT2D eigenvalue weighted by atomic mass is 79.9. The van der Waals surface area contributed by atoms with Crippen LogP contribution in [0.4, 0.5) is 14.5 Å². The van der Waals surface area contributed by atoms with Crippen LogP contribution in [0, 0.1) is 17.0 Å². The Hall–Kier alpha value is -0.640. The summed E-state index contributed by atoms with van der Waals surface area (Å²) in [5.41, 5.74) is 0.540. The molecule has 0 spiro atoms. The van der Waals surface area contributed by atoms with Gasteiger partial charge in [0.1, 0.15) is 11.6 Å². The Morgan fingerprint density at radius 2 is 2.00 bits per heavy atom. The van der Waals surface area contributed by atoms with Crippen LogP contribution < -0.4 is 5.32 Å². The maximum absolute atomic E-state index is 13.7. The maximum Gasteiger partial charge on any atom is 0.147 e. The van der Waals surface area contributed by atoms with Crippen LogP contribution >= 0.6 is 15.9 Å². The Balaban J connectivity index is 2.12. The molecule has 1 fully saturated rings. The van der Waals surface area contributed by atoms with Crippen molar-refractivity contribution in [3.63, 3.8) is 0 Å². The van der Waals surface area contributed by atoms with Crippen molar-refractivity contribution in [3.05, 3.63) is 28.2 Å². The molecule has 0 radical (unpaired) electrons. The molecule has 4 heteroatoms. The van der Waals surface area contributed by atoms with E-state index in [1.165, 1.54) is 18.6 Å². The van der Waals surface area contributed by atoms with Crippen molar-refractivity contribution in [2.45, 2.75) is 45.6 Å². The lowest BCUT2D eigenvalue weighted by atomic mass is 9.75. The molecule has 100 valence electrons. The summed E-state index contributed by atoms with van der Waals surface area (Å²) in [6.07, 6.45) is 4.33. The lowest BCUT2D eigenvalue weighted by molar-refractivity contribution is 0.229. The Morgan fingerprint density at radius 3 is 2.67 bits per heavy atom. The Labute approximate surface area is 115 Å². The zero-order valence-corrected chi connectivity index (χ0v) is 12.3. The largest absolute Gasteiger partial charge is 0.380 e. The van der Waals surface area contributed by atoms with E-state index in [2.05, 4.69) is 35.1 Å². The fraction of sp³-hybridized carbons (Fsp3) is 0.571. The molecule has 0 aromatic heterocycles. The summed E-state index contributed by atoms with van der Waals surface area (Å²) in [5.74, 6) is -0.847. The van der Waals surface area contributed by atoms with Crippen molar-refractivity contribution >= 4 is 21.6 Å². The second kappa shape index (κ2) is 5.16. The molecule has 1 nitrogen and oxygen atoms in total. The van der Waals surface area contributed by atoms with Crippen molar-refractivity contribution in [2.75, 3.05) is 5.32 Å². The summed E-state index contributed by atoms with van der Waals surface area (Å²) in [6.45, 7) is 4.44. The van der Waals surface area contributed by atoms with Gasteiger partial charge in [-0.3, -0.25) is 0 Å². The van der Waals surface area contributed by atoms with Gasteiger partial charge in [-0.2, -0.15) is 0 Å². The van der Waals surface area contributed by atoms with Crippen molar-refractivity contribution in [1.82, 2.24) is 0 Å². The average Bonchev–Trinajstić information content (AvgIpc) is 2.24. The standard InChI is InChI=1S/C14H18BrF2N/c1-14(2)5-3-4-9(8-14)18-13-7-11(16)10(15)6-12(13)17/h6-7,9,18H,3-5,8H2,1-2H3. The average molecular weight is 318 g/mol. The Bertz CT molecular complexity index is 446. The summed E-state index contributed by atoms with van der Waals surface area (Å²) in [7, 11) is 0. The molecule has 18 heavy (non-hydrogen) atoms. The molecule has 1 aliphatic rings. The number of rotatable bonds is 2. The molecule has 1 aliphatic carbocycles. The second-order valence-corrected chi connectivity index (χ2v) is 6.70. The molecule has 2 rings (SSSR count). The van der Waals surface area contributed by atoms with Gasteiger partial charge in [0, 0.05) is 12.1 Å². The van der Waals surface area contributed by atoms with Crippen LogP contribution in [-0.4, -0.2) is 6.04 Å². The molecule has 1 aromatic rings. The van der Waals surface area contributed by atoms with Crippen LogP contribution in [0.15, 0.2) is 16.6 Å². The van der Waals surface area contributed by atoms with Crippen molar-refractivity contribution in [2.24, 2.45) is 5.41 Å². The van der Waals surface area contributed by atoms with Gasteiger partial charge in [0.15, 0.2) is 0 Å². The highest BCUT2D eigenvalue weighted by Gasteiger charge is 2.28. The van der Waals surface area contributed by atoms with E-state index in [-0.39, 0.29) is 21.6 Å². The van der Waals surface area contributed by atoms with Gasteiger partial charge in [-0.25, -0.2) is 8.78 Å². The third-order valence-corrected chi connectivity index (χ3v) is 4.18. The van der Waals surface area contributed by atoms with Gasteiger partial charge >= 0.3 is 0 Å². The predicted molar refractivity (Wildman–Crippen MR) is 73.7 cm³/mol. The Morgan fingerprint density at radius 1 is 1.28 bits per heavy atom. The summed E-state index contributed by atoms with van der Waals surface area (Å²) in [4.78, 5) is 0. The summed E-state index contributed by atoms with van der Waals surface area (Å²) in [6, 6.07) is 2.62. The van der Waals surface area contributed by atoms with Gasteiger partial charge in [0.2, 0.25) is 0 Å². The van der Waals surface area contributed by atoms with E-state index in [0.717, 1.165) is 19.3 Å². The first-order valence-corrected chi connectivity index (χ1v) is 7.08. The minimum absolute atomic E-state index is 0.162. The normalized spacial score (nSPS) is 22.8. The third-order valence-electron chi connectivity index (χ3n) is 3.57. The van der Waals surface area contributed by atoms with Crippen molar-refractivity contribution in [1.29, 1.82) is 0 Å². The maximum atomic E-state index is 13.7. The van der Waals surface area contributed by atoms with E-state index in [9.17, 15) is 8.78 Å². The number of nitrogens with one attached hydrogen (secondary N) is 1. The first-order valence-electron chi connectivity index (χ1n) is 6.28. The summed E-state index contributed by atoms with van der Waals surface area (Å²) < 4.78 is 27.3. The lowest BCUT2D eigenvalue weighted by Crippen LogP contribution is -2.32. The third kappa shape index (κ3) is 3.22. The van der Waals surface area contributed by atoms with E-state index in [1.54, 1.807) is 0 Å². The van der Waals surface area contributed by atoms with Gasteiger partial charge in [-0.05, 0) is 46.7 Å². The van der Waals surface area contributed by atoms with Gasteiger partial charge in [0.05, 0.1) is 10.2 Å². The van der Waals surface area contributed by atoms with E-state index in [4.69, 9.17) is 0 Å². The smallest absolute Gasteiger partial charge is 0.147 e. The van der Waals surface area contributed by atoms with Gasteiger partial charge in [-0.1, -0.05) is 20.3 Å². The van der Waals surface area contributed by atoms with Gasteiger partial charge in [-0.15, -0.1) is 0 Å². The van der Waals surface area contributed by atoms with Crippen LogP contribution in [-0.2, 0) is 0 Å². The molecule has 0 bridgehead atoms. The fourth-order valence-corrected chi connectivity index (χ4v) is 2.99. The molecule has 0 saturated heterocycles. The van der Waals surface area contributed by atoms with E-state index in [1.807, 2.05) is 0 Å². The lowest BCUT2D eigenvalue weighted by Gasteiger charge is -2.36. The van der Waals surface area contributed by atoms with Gasteiger partial charge < -0.3 is 5.32 Å². The number of benzene rings is 1. The quantitative estimate of drug-likeness (QED) is 0.747. The zero-order valence-electron chi connectivity index (χ0n) is 10.7. The first-order chi connectivity index (χ1) is 8.37. The molecule has 0 amide bonds. The Kier molecular flexibility index (Phi) is 3.95. The van der Waals surface area contributed by atoms with Crippen molar-refractivity contribution < 1.29 is 8.78 Å². The van der Waals surface area contributed by atoms with Gasteiger partial charge in [0.25, 0.3) is 0 Å². The molecule has 1 unspecified atom stereocenters. The zero-order chi connectivity index (χ0) is 13.3. The molecular weight excluding hydrogens is 300 g/mol. The highest BCUT2D eigenvalue weighted by Crippen LogP contribution is 2.37. The molecular formula is C14H18BrF2N. The van der Waals surface area contributed by atoms with Crippen LogP contribution in [0.1, 0.15) is 39.5 Å². The molecule has 1 atom stereocenters. The van der Waals surface area contributed by atoms with Crippen LogP contribution in [0.2, 0.25) is 0 Å². The topological polar surface area (TPSA) is 12.0 Å². The van der Waals surface area contributed by atoms with Crippen LogP contribution in [0.5, 0.6) is 0 Å². The van der Waals surface area contributed by atoms with E-state index >= 15 is 0 Å². The van der Waals surface area contributed by atoms with E-state index in [0.29, 0.717) is 0 Å².